The zero-order valence-corrected chi connectivity index (χ0v) is 35.5. The lowest BCUT2D eigenvalue weighted by Gasteiger charge is -2.41. The van der Waals surface area contributed by atoms with Gasteiger partial charge >= 0.3 is 0 Å². The largest absolute Gasteiger partial charge is 0.399 e. The molecule has 0 unspecified atom stereocenters. The molecule has 1 aromatic carbocycles. The molecule has 1 saturated heterocycles. The second-order valence-corrected chi connectivity index (χ2v) is 16.3. The van der Waals surface area contributed by atoms with Gasteiger partial charge in [0, 0.05) is 63.3 Å². The van der Waals surface area contributed by atoms with Crippen LogP contribution in [0.3, 0.4) is 0 Å². The Kier molecular flexibility index (Phi) is 19.6. The SMILES string of the molecule is CC[C@H](C)[C@@H]([C@@H](CC(=O)N1CCC[C@H]1[C@H](OC)[C@@H](C)C(=O)N[C@H](CN=[N+]=[N-])Cc1ccc(N)cc1)OC)N(C)C(=O)[C@@H](CC(=O)[C@H](C(C)C)N(C)C)C(C)C. The van der Waals surface area contributed by atoms with Gasteiger partial charge in [0.25, 0.3) is 0 Å². The van der Waals surface area contributed by atoms with E-state index in [0.29, 0.717) is 25.1 Å². The van der Waals surface area contributed by atoms with Crippen molar-refractivity contribution in [2.45, 2.75) is 123 Å². The highest BCUT2D eigenvalue weighted by Gasteiger charge is 2.43. The number of ketones is 1. The molecule has 0 radical (unpaired) electrons. The van der Waals surface area contributed by atoms with Gasteiger partial charge in [-0.15, -0.1) is 0 Å². The Balaban J connectivity index is 2.28. The molecule has 0 spiro atoms. The monoisotopic (exact) mass is 771 g/mol. The fourth-order valence-electron chi connectivity index (χ4n) is 8.34. The zero-order chi connectivity index (χ0) is 41.6. The van der Waals surface area contributed by atoms with Crippen molar-refractivity contribution in [3.05, 3.63) is 40.3 Å². The molecule has 1 aromatic rings. The number of rotatable bonds is 23. The van der Waals surface area contributed by atoms with Crippen molar-refractivity contribution in [1.29, 1.82) is 0 Å². The van der Waals surface area contributed by atoms with Gasteiger partial charge in [-0.2, -0.15) is 0 Å². The summed E-state index contributed by atoms with van der Waals surface area (Å²) in [5.74, 6) is -1.61. The van der Waals surface area contributed by atoms with Crippen LogP contribution < -0.4 is 11.1 Å². The van der Waals surface area contributed by atoms with E-state index < -0.39 is 36.1 Å². The Labute approximate surface area is 329 Å². The predicted octanol–water partition coefficient (Wildman–Crippen LogP) is 5.34. The number of methoxy groups -OCH3 is 2. The van der Waals surface area contributed by atoms with Gasteiger partial charge in [0.05, 0.1) is 42.7 Å². The average Bonchev–Trinajstić information content (AvgIpc) is 3.62. The van der Waals surface area contributed by atoms with Crippen molar-refractivity contribution < 1.29 is 28.7 Å². The first-order valence-electron chi connectivity index (χ1n) is 19.9. The Morgan fingerprint density at radius 3 is 2.15 bits per heavy atom. The number of anilines is 1. The van der Waals surface area contributed by atoms with Crippen molar-refractivity contribution in [3.8, 4) is 0 Å². The fraction of sp³-hybridized carbons (Fsp3) is 0.756. The number of azide groups is 1. The van der Waals surface area contributed by atoms with Gasteiger partial charge < -0.3 is 30.3 Å². The molecule has 3 N–H and O–H groups in total. The molecule has 0 bridgehead atoms. The number of likely N-dealkylation sites (tertiary alicyclic amines) is 1. The van der Waals surface area contributed by atoms with E-state index in [9.17, 15) is 19.2 Å². The normalized spacial score (nSPS) is 18.9. The Morgan fingerprint density at radius 2 is 1.64 bits per heavy atom. The minimum atomic E-state index is -0.628. The van der Waals surface area contributed by atoms with Gasteiger partial charge in [0.1, 0.15) is 0 Å². The number of nitrogens with zero attached hydrogens (tertiary/aromatic N) is 6. The van der Waals surface area contributed by atoms with Gasteiger partial charge in [-0.05, 0) is 74.3 Å². The number of benzene rings is 1. The molecule has 2 rings (SSSR count). The lowest BCUT2D eigenvalue weighted by molar-refractivity contribution is -0.149. The summed E-state index contributed by atoms with van der Waals surface area (Å²) in [6.45, 7) is 14.5. The number of amides is 3. The van der Waals surface area contributed by atoms with E-state index in [0.717, 1.165) is 18.4 Å². The van der Waals surface area contributed by atoms with Crippen molar-refractivity contribution in [2.24, 2.45) is 34.7 Å². The van der Waals surface area contributed by atoms with Crippen LogP contribution >= 0.6 is 0 Å². The van der Waals surface area contributed by atoms with Gasteiger partial charge in [-0.3, -0.25) is 24.1 Å². The molecule has 0 saturated carbocycles. The van der Waals surface area contributed by atoms with E-state index in [1.54, 1.807) is 50.1 Å². The molecule has 3 amide bonds. The molecule has 0 aromatic heterocycles. The summed E-state index contributed by atoms with van der Waals surface area (Å²) < 4.78 is 12.0. The Hall–Kier alpha value is -3.71. The minimum absolute atomic E-state index is 0.00299. The number of carbonyl (C=O) groups excluding carboxylic acids is 4. The third-order valence-corrected chi connectivity index (χ3v) is 11.5. The summed E-state index contributed by atoms with van der Waals surface area (Å²) in [7, 11) is 8.68. The third kappa shape index (κ3) is 13.2. The van der Waals surface area contributed by atoms with E-state index in [1.165, 1.54) is 0 Å². The molecule has 1 aliphatic heterocycles. The number of hydrogen-bond acceptors (Lipinski definition) is 9. The second kappa shape index (κ2) is 22.7. The molecular weight excluding hydrogens is 701 g/mol. The maximum atomic E-state index is 14.3. The van der Waals surface area contributed by atoms with Crippen molar-refractivity contribution >= 4 is 29.2 Å². The van der Waals surface area contributed by atoms with E-state index in [-0.39, 0.29) is 72.7 Å². The number of likely N-dealkylation sites (N-methyl/N-ethyl adjacent to an activating group) is 2. The highest BCUT2D eigenvalue weighted by atomic mass is 16.5. The Morgan fingerprint density at radius 1 is 1.00 bits per heavy atom. The summed E-state index contributed by atoms with van der Waals surface area (Å²) in [4.78, 5) is 64.1. The Bertz CT molecular complexity index is 1420. The smallest absolute Gasteiger partial charge is 0.226 e. The molecule has 0 aliphatic carbocycles. The molecule has 9 atom stereocenters. The van der Waals surface area contributed by atoms with Crippen LogP contribution in [0.2, 0.25) is 0 Å². The summed E-state index contributed by atoms with van der Waals surface area (Å²) >= 11 is 0. The number of nitrogens with two attached hydrogens (primary N) is 1. The number of carbonyl (C=O) groups is 4. The highest BCUT2D eigenvalue weighted by molar-refractivity contribution is 5.90. The van der Waals surface area contributed by atoms with E-state index in [1.807, 2.05) is 58.8 Å². The zero-order valence-electron chi connectivity index (χ0n) is 35.5. The summed E-state index contributed by atoms with van der Waals surface area (Å²) in [5, 5.41) is 6.76. The molecular formula is C41H70N8O6. The van der Waals surface area contributed by atoms with E-state index in [4.69, 9.17) is 20.7 Å². The first-order chi connectivity index (χ1) is 25.9. The van der Waals surface area contributed by atoms with Crippen molar-refractivity contribution in [3.63, 3.8) is 0 Å². The minimum Gasteiger partial charge on any atom is -0.399 e. The van der Waals surface area contributed by atoms with Gasteiger partial charge in [-0.25, -0.2) is 0 Å². The van der Waals surface area contributed by atoms with Crippen LogP contribution in [-0.2, 0) is 35.1 Å². The third-order valence-electron chi connectivity index (χ3n) is 11.5. The predicted molar refractivity (Wildman–Crippen MR) is 217 cm³/mol. The number of nitrogens with one attached hydrogen (secondary N) is 1. The second-order valence-electron chi connectivity index (χ2n) is 16.3. The quantitative estimate of drug-likeness (QED) is 0.0647. The number of ether oxygens (including phenoxy) is 2. The number of hydrogen-bond donors (Lipinski definition) is 2. The molecule has 14 nitrogen and oxygen atoms in total. The van der Waals surface area contributed by atoms with E-state index >= 15 is 0 Å². The molecule has 310 valence electrons. The molecule has 55 heavy (non-hydrogen) atoms. The van der Waals surface area contributed by atoms with Gasteiger partial charge in [0.2, 0.25) is 17.7 Å². The maximum Gasteiger partial charge on any atom is 0.226 e. The van der Waals surface area contributed by atoms with Crippen LogP contribution in [0.15, 0.2) is 29.4 Å². The van der Waals surface area contributed by atoms with Gasteiger partial charge in [-0.1, -0.05) is 72.1 Å². The lowest BCUT2D eigenvalue weighted by Crippen LogP contribution is -2.54. The van der Waals surface area contributed by atoms with Gasteiger partial charge in [0.15, 0.2) is 5.78 Å². The maximum absolute atomic E-state index is 14.3. The highest BCUT2D eigenvalue weighted by Crippen LogP contribution is 2.31. The van der Waals surface area contributed by atoms with Crippen LogP contribution in [0, 0.1) is 29.6 Å². The first kappa shape index (κ1) is 47.4. The number of nitrogen functional groups attached to an aromatic ring is 1. The van der Waals surface area contributed by atoms with Crippen LogP contribution in [0.4, 0.5) is 5.69 Å². The van der Waals surface area contributed by atoms with Crippen LogP contribution in [0.25, 0.3) is 10.4 Å². The lowest BCUT2D eigenvalue weighted by atomic mass is 9.83. The first-order valence-corrected chi connectivity index (χ1v) is 19.9. The molecule has 1 aliphatic rings. The summed E-state index contributed by atoms with van der Waals surface area (Å²) in [5.41, 5.74) is 16.4. The van der Waals surface area contributed by atoms with Crippen LogP contribution in [-0.4, -0.2) is 123 Å². The number of Topliss-reactive ketones (excluding diaryl/α,β-unsaturated/α-hetero) is 1. The van der Waals surface area contributed by atoms with Crippen molar-refractivity contribution in [2.75, 3.05) is 54.2 Å². The molecule has 1 heterocycles. The van der Waals surface area contributed by atoms with Crippen molar-refractivity contribution in [1.82, 2.24) is 20.0 Å². The molecule has 1 fully saturated rings. The van der Waals surface area contributed by atoms with E-state index in [2.05, 4.69) is 29.2 Å². The topological polar surface area (TPSA) is 183 Å². The fourth-order valence-corrected chi connectivity index (χ4v) is 8.34. The average molecular weight is 771 g/mol. The summed E-state index contributed by atoms with van der Waals surface area (Å²) in [6.07, 6.45) is 1.57. The van der Waals surface area contributed by atoms with Crippen LogP contribution in [0.1, 0.15) is 86.1 Å². The standard InChI is InChI=1S/C41H70N8O6/c1-13-27(6)38(48(10)41(53)32(25(2)3)22-34(50)37(26(4)5)47(8)9)35(54-11)23-36(51)49-20-14-15-33(49)39(55-12)28(7)40(52)45-31(24-44-46-43)21-29-16-18-30(42)19-17-29/h16-19,25-28,31-33,35,37-39H,13-15,20-24,42H2,1-12H3,(H,45,52)/t27-,28+,31-,32-,33-,35+,37-,38-,39+/m0/s1. The summed E-state index contributed by atoms with van der Waals surface area (Å²) in [6, 6.07) is 5.80. The molecule has 14 heteroatoms. The van der Waals surface area contributed by atoms with Crippen LogP contribution in [0.5, 0.6) is 0 Å².